The number of nitrogens with one attached hydrogen (secondary N) is 1. The summed E-state index contributed by atoms with van der Waals surface area (Å²) in [6.45, 7) is 3.92. The van der Waals surface area contributed by atoms with E-state index in [1.54, 1.807) is 7.05 Å². The molecule has 1 N–H and O–H groups in total. The Morgan fingerprint density at radius 1 is 1.25 bits per heavy atom. The molecule has 0 aliphatic carbocycles. The molecule has 0 bridgehead atoms. The van der Waals surface area contributed by atoms with Crippen molar-refractivity contribution >= 4 is 0 Å². The SMILES string of the molecule is Cc1cnn(CCNCc2cc(=O)n(C)c(=O)n2C)c1. The van der Waals surface area contributed by atoms with Crippen LogP contribution in [-0.4, -0.2) is 25.5 Å². The van der Waals surface area contributed by atoms with Crippen molar-refractivity contribution in [2.75, 3.05) is 6.54 Å². The normalized spacial score (nSPS) is 10.9. The van der Waals surface area contributed by atoms with E-state index in [9.17, 15) is 9.59 Å². The van der Waals surface area contributed by atoms with Crippen molar-refractivity contribution in [1.29, 1.82) is 0 Å². The van der Waals surface area contributed by atoms with E-state index in [1.807, 2.05) is 24.0 Å². The van der Waals surface area contributed by atoms with Crippen LogP contribution in [0.25, 0.3) is 0 Å². The van der Waals surface area contributed by atoms with Gasteiger partial charge in [0.2, 0.25) is 0 Å². The van der Waals surface area contributed by atoms with Crippen LogP contribution < -0.4 is 16.6 Å². The lowest BCUT2D eigenvalue weighted by Gasteiger charge is -2.10. The minimum atomic E-state index is -0.308. The van der Waals surface area contributed by atoms with Gasteiger partial charge in [0.05, 0.1) is 12.7 Å². The predicted octanol–water partition coefficient (Wildman–Crippen LogP) is -0.621. The van der Waals surface area contributed by atoms with E-state index in [1.165, 1.54) is 17.7 Å². The maximum atomic E-state index is 11.8. The summed E-state index contributed by atoms with van der Waals surface area (Å²) in [6, 6.07) is 1.48. The average Bonchev–Trinajstić information content (AvgIpc) is 2.83. The number of aromatic nitrogens is 4. The molecule has 2 aromatic rings. The minimum Gasteiger partial charge on any atom is -0.309 e. The summed E-state index contributed by atoms with van der Waals surface area (Å²) in [5.41, 5.74) is 1.21. The molecule has 0 saturated carbocycles. The molecule has 7 nitrogen and oxygen atoms in total. The largest absolute Gasteiger partial charge is 0.330 e. The summed E-state index contributed by atoms with van der Waals surface area (Å²) in [4.78, 5) is 23.3. The third kappa shape index (κ3) is 3.05. The molecule has 0 atom stereocenters. The van der Waals surface area contributed by atoms with Crippen molar-refractivity contribution in [1.82, 2.24) is 24.2 Å². The van der Waals surface area contributed by atoms with Gasteiger partial charge in [0.15, 0.2) is 0 Å². The van der Waals surface area contributed by atoms with Crippen LogP contribution in [0.1, 0.15) is 11.3 Å². The van der Waals surface area contributed by atoms with Gasteiger partial charge in [-0.3, -0.25) is 18.6 Å². The Morgan fingerprint density at radius 2 is 2.00 bits per heavy atom. The van der Waals surface area contributed by atoms with Crippen LogP contribution in [0.5, 0.6) is 0 Å². The molecular weight excluding hydrogens is 258 g/mol. The maximum Gasteiger partial charge on any atom is 0.330 e. The van der Waals surface area contributed by atoms with Gasteiger partial charge < -0.3 is 5.32 Å². The van der Waals surface area contributed by atoms with Crippen LogP contribution in [0, 0.1) is 6.92 Å². The molecule has 0 spiro atoms. The zero-order chi connectivity index (χ0) is 14.7. The molecule has 0 radical (unpaired) electrons. The third-order valence-corrected chi connectivity index (χ3v) is 3.21. The van der Waals surface area contributed by atoms with Crippen LogP contribution in [0.3, 0.4) is 0 Å². The van der Waals surface area contributed by atoms with Gasteiger partial charge in [0, 0.05) is 45.1 Å². The summed E-state index contributed by atoms with van der Waals surface area (Å²) >= 11 is 0. The number of aryl methyl sites for hydroxylation is 1. The van der Waals surface area contributed by atoms with Gasteiger partial charge in [0.25, 0.3) is 5.56 Å². The summed E-state index contributed by atoms with van der Waals surface area (Å²) < 4.78 is 4.42. The van der Waals surface area contributed by atoms with Gasteiger partial charge >= 0.3 is 5.69 Å². The van der Waals surface area contributed by atoms with Crippen molar-refractivity contribution in [3.8, 4) is 0 Å². The molecule has 2 heterocycles. The Bertz CT molecular complexity index is 710. The summed E-state index contributed by atoms with van der Waals surface area (Å²) in [6.07, 6.45) is 3.78. The van der Waals surface area contributed by atoms with Crippen LogP contribution in [0.4, 0.5) is 0 Å². The molecule has 0 aromatic carbocycles. The summed E-state index contributed by atoms with van der Waals surface area (Å²) in [5, 5.41) is 7.39. The second-order valence-corrected chi connectivity index (χ2v) is 4.83. The Kier molecular flexibility index (Phi) is 4.19. The first-order chi connectivity index (χ1) is 9.49. The van der Waals surface area contributed by atoms with Crippen LogP contribution in [0.2, 0.25) is 0 Å². The van der Waals surface area contributed by atoms with E-state index in [4.69, 9.17) is 0 Å². The number of nitrogens with zero attached hydrogens (tertiary/aromatic N) is 4. The fraction of sp³-hybridized carbons (Fsp3) is 0.462. The van der Waals surface area contributed by atoms with Crippen molar-refractivity contribution in [2.45, 2.75) is 20.0 Å². The Labute approximate surface area is 116 Å². The Balaban J connectivity index is 1.95. The highest BCUT2D eigenvalue weighted by atomic mass is 16.2. The molecule has 20 heavy (non-hydrogen) atoms. The van der Waals surface area contributed by atoms with Crippen LogP contribution >= 0.6 is 0 Å². The van der Waals surface area contributed by atoms with Crippen molar-refractivity contribution in [3.05, 3.63) is 50.6 Å². The highest BCUT2D eigenvalue weighted by Gasteiger charge is 2.05. The first-order valence-electron chi connectivity index (χ1n) is 6.45. The molecular formula is C13H19N5O2. The van der Waals surface area contributed by atoms with Gasteiger partial charge in [0.1, 0.15) is 0 Å². The van der Waals surface area contributed by atoms with Crippen molar-refractivity contribution < 1.29 is 0 Å². The first-order valence-corrected chi connectivity index (χ1v) is 6.45. The first kappa shape index (κ1) is 14.3. The summed E-state index contributed by atoms with van der Waals surface area (Å²) in [7, 11) is 3.14. The molecule has 0 aliphatic heterocycles. The lowest BCUT2D eigenvalue weighted by Crippen LogP contribution is -2.39. The van der Waals surface area contributed by atoms with E-state index in [0.717, 1.165) is 16.7 Å². The van der Waals surface area contributed by atoms with Gasteiger partial charge in [-0.15, -0.1) is 0 Å². The van der Waals surface area contributed by atoms with Gasteiger partial charge in [-0.1, -0.05) is 0 Å². The fourth-order valence-electron chi connectivity index (χ4n) is 1.95. The van der Waals surface area contributed by atoms with Crippen molar-refractivity contribution in [2.24, 2.45) is 14.1 Å². The quantitative estimate of drug-likeness (QED) is 0.739. The molecule has 0 amide bonds. The predicted molar refractivity (Wildman–Crippen MR) is 75.6 cm³/mol. The number of rotatable bonds is 5. The number of hydrogen-bond acceptors (Lipinski definition) is 4. The van der Waals surface area contributed by atoms with E-state index in [0.29, 0.717) is 18.8 Å². The van der Waals surface area contributed by atoms with E-state index in [2.05, 4.69) is 10.4 Å². The molecule has 0 unspecified atom stereocenters. The topological polar surface area (TPSA) is 73.8 Å². The van der Waals surface area contributed by atoms with Gasteiger partial charge in [-0.2, -0.15) is 5.10 Å². The maximum absolute atomic E-state index is 11.8. The fourth-order valence-corrected chi connectivity index (χ4v) is 1.95. The average molecular weight is 277 g/mol. The zero-order valence-corrected chi connectivity index (χ0v) is 12.0. The van der Waals surface area contributed by atoms with Gasteiger partial charge in [-0.05, 0) is 12.5 Å². The monoisotopic (exact) mass is 277 g/mol. The lowest BCUT2D eigenvalue weighted by atomic mass is 10.3. The second-order valence-electron chi connectivity index (χ2n) is 4.83. The van der Waals surface area contributed by atoms with Crippen LogP contribution in [-0.2, 0) is 27.2 Å². The zero-order valence-electron chi connectivity index (χ0n) is 12.0. The van der Waals surface area contributed by atoms with E-state index in [-0.39, 0.29) is 11.2 Å². The third-order valence-electron chi connectivity index (χ3n) is 3.21. The molecule has 0 saturated heterocycles. The standard InChI is InChI=1S/C13H19N5O2/c1-10-7-15-18(9-10)5-4-14-8-11-6-12(19)17(3)13(20)16(11)2/h6-7,9,14H,4-5,8H2,1-3H3. The minimum absolute atomic E-state index is 0.285. The smallest absolute Gasteiger partial charge is 0.309 e. The summed E-state index contributed by atoms with van der Waals surface area (Å²) in [5.74, 6) is 0. The molecule has 2 aromatic heterocycles. The highest BCUT2D eigenvalue weighted by molar-refractivity contribution is 5.02. The van der Waals surface area contributed by atoms with E-state index >= 15 is 0 Å². The highest BCUT2D eigenvalue weighted by Crippen LogP contribution is 1.94. The van der Waals surface area contributed by atoms with E-state index < -0.39 is 0 Å². The second kappa shape index (κ2) is 5.87. The van der Waals surface area contributed by atoms with Gasteiger partial charge in [-0.25, -0.2) is 4.79 Å². The Morgan fingerprint density at radius 3 is 2.65 bits per heavy atom. The Hall–Kier alpha value is -2.15. The molecule has 0 fully saturated rings. The number of hydrogen-bond donors (Lipinski definition) is 1. The van der Waals surface area contributed by atoms with Crippen molar-refractivity contribution in [3.63, 3.8) is 0 Å². The lowest BCUT2D eigenvalue weighted by molar-refractivity contribution is 0.537. The molecule has 2 rings (SSSR count). The van der Waals surface area contributed by atoms with Crippen LogP contribution in [0.15, 0.2) is 28.0 Å². The molecule has 7 heteroatoms. The molecule has 0 aliphatic rings. The molecule has 108 valence electrons.